The summed E-state index contributed by atoms with van der Waals surface area (Å²) in [4.78, 5) is 35.0. The van der Waals surface area contributed by atoms with E-state index in [0.717, 1.165) is 24.1 Å². The second-order valence-electron chi connectivity index (χ2n) is 6.52. The van der Waals surface area contributed by atoms with E-state index in [1.54, 1.807) is 11.1 Å². The monoisotopic (exact) mass is 365 g/mol. The predicted octanol–water partition coefficient (Wildman–Crippen LogP) is 2.44. The Morgan fingerprint density at radius 1 is 1.30 bits per heavy atom. The lowest BCUT2D eigenvalue weighted by atomic mass is 10.0. The van der Waals surface area contributed by atoms with E-state index in [2.05, 4.69) is 27.2 Å². The first kappa shape index (κ1) is 18.6. The largest absolute Gasteiger partial charge is 0.348 e. The summed E-state index contributed by atoms with van der Waals surface area (Å²) < 4.78 is 0. The summed E-state index contributed by atoms with van der Waals surface area (Å²) in [5.41, 5.74) is 1.94. The number of para-hydroxylation sites is 1. The number of nitrogens with zero attached hydrogens (tertiary/aromatic N) is 3. The third kappa shape index (κ3) is 4.69. The second-order valence-corrected chi connectivity index (χ2v) is 6.52. The molecule has 1 saturated heterocycles. The van der Waals surface area contributed by atoms with Crippen LogP contribution in [0.3, 0.4) is 0 Å². The number of amides is 2. The molecular weight excluding hydrogens is 342 g/mol. The lowest BCUT2D eigenvalue weighted by Gasteiger charge is -2.33. The first-order chi connectivity index (χ1) is 13.1. The Morgan fingerprint density at radius 3 is 2.81 bits per heavy atom. The van der Waals surface area contributed by atoms with Gasteiger partial charge in [0.2, 0.25) is 11.9 Å². The molecule has 1 atom stereocenters. The van der Waals surface area contributed by atoms with E-state index in [-0.39, 0.29) is 17.9 Å². The zero-order valence-corrected chi connectivity index (χ0v) is 15.3. The number of carbonyl (C=O) groups is 2. The number of aryl methyl sites for hydroxylation is 1. The molecule has 2 heterocycles. The van der Waals surface area contributed by atoms with Gasteiger partial charge in [0.05, 0.1) is 0 Å². The van der Waals surface area contributed by atoms with Gasteiger partial charge in [-0.2, -0.15) is 0 Å². The lowest BCUT2D eigenvalue weighted by molar-refractivity contribution is -0.117. The van der Waals surface area contributed by atoms with Crippen LogP contribution in [0.5, 0.6) is 0 Å². The third-order valence-corrected chi connectivity index (χ3v) is 4.44. The van der Waals surface area contributed by atoms with E-state index in [1.807, 2.05) is 37.3 Å². The molecule has 0 spiro atoms. The van der Waals surface area contributed by atoms with Crippen LogP contribution in [-0.2, 0) is 4.79 Å². The summed E-state index contributed by atoms with van der Waals surface area (Å²) in [6.07, 6.45) is 4.56. The van der Waals surface area contributed by atoms with Crippen molar-refractivity contribution in [1.82, 2.24) is 20.2 Å². The van der Waals surface area contributed by atoms with Crippen LogP contribution >= 0.6 is 0 Å². The summed E-state index contributed by atoms with van der Waals surface area (Å²) in [5, 5.41) is 5.98. The van der Waals surface area contributed by atoms with E-state index in [9.17, 15) is 9.59 Å². The Kier molecular flexibility index (Phi) is 5.80. The van der Waals surface area contributed by atoms with Crippen molar-refractivity contribution >= 4 is 23.5 Å². The Morgan fingerprint density at radius 2 is 2.07 bits per heavy atom. The number of nitrogens with one attached hydrogen (secondary N) is 2. The minimum Gasteiger partial charge on any atom is -0.348 e. The van der Waals surface area contributed by atoms with Gasteiger partial charge >= 0.3 is 0 Å². The van der Waals surface area contributed by atoms with E-state index < -0.39 is 0 Å². The van der Waals surface area contributed by atoms with Gasteiger partial charge in [0, 0.05) is 31.0 Å². The number of rotatable bonds is 5. The van der Waals surface area contributed by atoms with Crippen molar-refractivity contribution in [3.05, 3.63) is 60.4 Å². The number of piperidine rings is 1. The van der Waals surface area contributed by atoms with Gasteiger partial charge in [0.25, 0.3) is 5.91 Å². The van der Waals surface area contributed by atoms with Crippen molar-refractivity contribution in [3.63, 3.8) is 0 Å². The van der Waals surface area contributed by atoms with Crippen molar-refractivity contribution in [2.45, 2.75) is 25.8 Å². The van der Waals surface area contributed by atoms with E-state index in [0.29, 0.717) is 24.7 Å². The maximum Gasteiger partial charge on any atom is 0.273 e. The lowest BCUT2D eigenvalue weighted by Crippen LogP contribution is -2.49. The molecule has 0 saturated carbocycles. The predicted molar refractivity (Wildman–Crippen MR) is 104 cm³/mol. The number of hydrogen-bond acceptors (Lipinski definition) is 5. The normalized spacial score (nSPS) is 16.5. The molecule has 1 aliphatic heterocycles. The van der Waals surface area contributed by atoms with Gasteiger partial charge in [-0.3, -0.25) is 9.59 Å². The zero-order chi connectivity index (χ0) is 19.2. The number of aromatic nitrogens is 2. The fourth-order valence-corrected chi connectivity index (χ4v) is 3.06. The Labute approximate surface area is 158 Å². The highest BCUT2D eigenvalue weighted by Gasteiger charge is 2.27. The summed E-state index contributed by atoms with van der Waals surface area (Å²) in [6, 6.07) is 9.48. The number of carbonyl (C=O) groups excluding carboxylic acids is 2. The summed E-state index contributed by atoms with van der Waals surface area (Å²) >= 11 is 0. The van der Waals surface area contributed by atoms with E-state index in [1.165, 1.54) is 6.08 Å². The van der Waals surface area contributed by atoms with Crippen LogP contribution in [0.15, 0.2) is 49.2 Å². The fourth-order valence-electron chi connectivity index (χ4n) is 3.06. The molecule has 0 radical (unpaired) electrons. The van der Waals surface area contributed by atoms with E-state index >= 15 is 0 Å². The molecule has 0 aliphatic carbocycles. The maximum atomic E-state index is 13.0. The standard InChI is InChI=1S/C20H23N5O2/c1-3-17(26)22-16-10-7-11-25(13-16)19(27)18-14(2)12-21-20(24-18)23-15-8-5-4-6-9-15/h3-6,8-9,12,16H,1,7,10-11,13H2,2H3,(H,22,26)(H,21,23,24). The zero-order valence-electron chi connectivity index (χ0n) is 15.3. The molecule has 2 amide bonds. The Bertz CT molecular complexity index is 838. The molecule has 7 nitrogen and oxygen atoms in total. The van der Waals surface area contributed by atoms with Crippen LogP contribution in [0.4, 0.5) is 11.6 Å². The second kappa shape index (κ2) is 8.44. The van der Waals surface area contributed by atoms with Gasteiger partial charge in [-0.25, -0.2) is 9.97 Å². The molecule has 7 heteroatoms. The van der Waals surface area contributed by atoms with Gasteiger partial charge < -0.3 is 15.5 Å². The molecule has 140 valence electrons. The van der Waals surface area contributed by atoms with Crippen LogP contribution in [0.1, 0.15) is 28.9 Å². The summed E-state index contributed by atoms with van der Waals surface area (Å²) in [6.45, 7) is 6.39. The third-order valence-electron chi connectivity index (χ3n) is 4.44. The van der Waals surface area contributed by atoms with Crippen LogP contribution in [-0.4, -0.2) is 45.8 Å². The Balaban J connectivity index is 1.74. The number of hydrogen-bond donors (Lipinski definition) is 2. The molecule has 0 bridgehead atoms. The molecule has 2 aromatic rings. The fraction of sp³-hybridized carbons (Fsp3) is 0.300. The minimum absolute atomic E-state index is 0.0720. The Hall–Kier alpha value is -3.22. The molecule has 1 aromatic carbocycles. The summed E-state index contributed by atoms with van der Waals surface area (Å²) in [5.74, 6) is 0.00842. The first-order valence-electron chi connectivity index (χ1n) is 8.94. The number of anilines is 2. The van der Waals surface area contributed by atoms with Crippen LogP contribution in [0.2, 0.25) is 0 Å². The molecular formula is C20H23N5O2. The van der Waals surface area contributed by atoms with Gasteiger partial charge in [-0.15, -0.1) is 0 Å². The van der Waals surface area contributed by atoms with Gasteiger partial charge in [-0.1, -0.05) is 24.8 Å². The highest BCUT2D eigenvalue weighted by atomic mass is 16.2. The average molecular weight is 365 g/mol. The van der Waals surface area contributed by atoms with Crippen molar-refractivity contribution in [2.24, 2.45) is 0 Å². The smallest absolute Gasteiger partial charge is 0.273 e. The molecule has 3 rings (SSSR count). The van der Waals surface area contributed by atoms with Crippen LogP contribution in [0.25, 0.3) is 0 Å². The first-order valence-corrected chi connectivity index (χ1v) is 8.94. The molecule has 2 N–H and O–H groups in total. The van der Waals surface area contributed by atoms with Crippen LogP contribution < -0.4 is 10.6 Å². The topological polar surface area (TPSA) is 87.2 Å². The average Bonchev–Trinajstić information content (AvgIpc) is 2.70. The van der Waals surface area contributed by atoms with Gasteiger partial charge in [0.15, 0.2) is 0 Å². The number of benzene rings is 1. The summed E-state index contributed by atoms with van der Waals surface area (Å²) in [7, 11) is 0. The van der Waals surface area contributed by atoms with Gasteiger partial charge in [-0.05, 0) is 43.5 Å². The highest BCUT2D eigenvalue weighted by molar-refractivity contribution is 5.94. The maximum absolute atomic E-state index is 13.0. The molecule has 27 heavy (non-hydrogen) atoms. The molecule has 1 fully saturated rings. The van der Waals surface area contributed by atoms with Crippen molar-refractivity contribution in [3.8, 4) is 0 Å². The molecule has 1 aliphatic rings. The SMILES string of the molecule is C=CC(=O)NC1CCCN(C(=O)c2nc(Nc3ccccc3)ncc2C)C1. The van der Waals surface area contributed by atoms with Crippen molar-refractivity contribution in [2.75, 3.05) is 18.4 Å². The highest BCUT2D eigenvalue weighted by Crippen LogP contribution is 2.18. The quantitative estimate of drug-likeness (QED) is 0.795. The van der Waals surface area contributed by atoms with Gasteiger partial charge in [0.1, 0.15) is 5.69 Å². The molecule has 1 aromatic heterocycles. The van der Waals surface area contributed by atoms with E-state index in [4.69, 9.17) is 0 Å². The van der Waals surface area contributed by atoms with Crippen molar-refractivity contribution in [1.29, 1.82) is 0 Å². The van der Waals surface area contributed by atoms with Crippen molar-refractivity contribution < 1.29 is 9.59 Å². The number of likely N-dealkylation sites (tertiary alicyclic amines) is 1. The molecule has 1 unspecified atom stereocenters. The van der Waals surface area contributed by atoms with Crippen LogP contribution in [0, 0.1) is 6.92 Å². The minimum atomic E-state index is -0.220.